The van der Waals surface area contributed by atoms with Crippen LogP contribution in [0.15, 0.2) is 60.7 Å². The van der Waals surface area contributed by atoms with Crippen LogP contribution in [0.3, 0.4) is 0 Å². The molecule has 4 heteroatoms. The van der Waals surface area contributed by atoms with Crippen LogP contribution in [0.5, 0.6) is 0 Å². The van der Waals surface area contributed by atoms with E-state index < -0.39 is 18.3 Å². The van der Waals surface area contributed by atoms with Gasteiger partial charge in [0.1, 0.15) is 6.10 Å². The molecule has 0 aliphatic carbocycles. The molecule has 0 spiro atoms. The molecule has 1 amide bonds. The van der Waals surface area contributed by atoms with Gasteiger partial charge in [-0.1, -0.05) is 60.7 Å². The predicted molar refractivity (Wildman–Crippen MR) is 80.7 cm³/mol. The smallest absolute Gasteiger partial charge is 0.407 e. The van der Waals surface area contributed by atoms with Gasteiger partial charge in [0.25, 0.3) is 0 Å². The van der Waals surface area contributed by atoms with Crippen molar-refractivity contribution in [3.63, 3.8) is 0 Å². The predicted octanol–water partition coefficient (Wildman–Crippen LogP) is 3.21. The monoisotopic (exact) mass is 285 g/mol. The summed E-state index contributed by atoms with van der Waals surface area (Å²) in [5.41, 5.74) is 1.45. The average molecular weight is 285 g/mol. The van der Waals surface area contributed by atoms with Gasteiger partial charge in [0, 0.05) is 6.54 Å². The Balaban J connectivity index is 2.25. The summed E-state index contributed by atoms with van der Waals surface area (Å²) in [5.74, 6) is 0. The third kappa shape index (κ3) is 4.07. The molecule has 0 aromatic heterocycles. The number of hydrogen-bond acceptors (Lipinski definition) is 3. The van der Waals surface area contributed by atoms with Gasteiger partial charge >= 0.3 is 6.09 Å². The molecule has 2 atom stereocenters. The Bertz CT molecular complexity index is 557. The maximum Gasteiger partial charge on any atom is 0.407 e. The zero-order chi connectivity index (χ0) is 15.1. The SMILES string of the molecule is CCNC(=O)O[C@@H](c1ccccc1)[C@H](O)c1ccccc1. The first kappa shape index (κ1) is 15.1. The summed E-state index contributed by atoms with van der Waals surface area (Å²) in [6.07, 6.45) is -2.21. The topological polar surface area (TPSA) is 58.6 Å². The number of carbonyl (C=O) groups is 1. The van der Waals surface area contributed by atoms with Gasteiger partial charge < -0.3 is 15.2 Å². The normalized spacial score (nSPS) is 13.2. The number of benzene rings is 2. The molecule has 2 aromatic carbocycles. The summed E-state index contributed by atoms with van der Waals surface area (Å²) in [6, 6.07) is 18.4. The van der Waals surface area contributed by atoms with Gasteiger partial charge in [0.2, 0.25) is 0 Å². The Morgan fingerprint density at radius 3 is 2.10 bits per heavy atom. The van der Waals surface area contributed by atoms with Gasteiger partial charge in [-0.3, -0.25) is 0 Å². The molecule has 0 aliphatic heterocycles. The molecule has 2 aromatic rings. The van der Waals surface area contributed by atoms with E-state index in [1.54, 1.807) is 0 Å². The first-order chi connectivity index (χ1) is 10.2. The molecule has 110 valence electrons. The summed E-state index contributed by atoms with van der Waals surface area (Å²) >= 11 is 0. The molecule has 4 nitrogen and oxygen atoms in total. The highest BCUT2D eigenvalue weighted by molar-refractivity contribution is 5.67. The Hall–Kier alpha value is -2.33. The molecular formula is C17H19NO3. The van der Waals surface area contributed by atoms with Crippen molar-refractivity contribution in [2.24, 2.45) is 0 Å². The minimum absolute atomic E-state index is 0.474. The van der Waals surface area contributed by atoms with Gasteiger partial charge in [-0.25, -0.2) is 4.79 Å². The maximum absolute atomic E-state index is 11.7. The minimum Gasteiger partial charge on any atom is -0.438 e. The second-order valence-corrected chi connectivity index (χ2v) is 4.62. The molecule has 0 heterocycles. The van der Waals surface area contributed by atoms with Gasteiger partial charge in [0.15, 0.2) is 6.10 Å². The third-order valence-electron chi connectivity index (χ3n) is 3.11. The number of nitrogens with one attached hydrogen (secondary N) is 1. The highest BCUT2D eigenvalue weighted by Gasteiger charge is 2.26. The van der Waals surface area contributed by atoms with Crippen LogP contribution in [-0.4, -0.2) is 17.7 Å². The molecular weight excluding hydrogens is 266 g/mol. The highest BCUT2D eigenvalue weighted by atomic mass is 16.6. The fraction of sp³-hybridized carbons (Fsp3) is 0.235. The van der Waals surface area contributed by atoms with Gasteiger partial charge in [-0.15, -0.1) is 0 Å². The molecule has 0 bridgehead atoms. The van der Waals surface area contributed by atoms with E-state index in [9.17, 15) is 9.90 Å². The summed E-state index contributed by atoms with van der Waals surface area (Å²) < 4.78 is 5.39. The molecule has 0 radical (unpaired) electrons. The lowest BCUT2D eigenvalue weighted by Crippen LogP contribution is -2.28. The van der Waals surface area contributed by atoms with Crippen molar-refractivity contribution in [3.05, 3.63) is 71.8 Å². The van der Waals surface area contributed by atoms with Crippen molar-refractivity contribution in [1.82, 2.24) is 5.32 Å². The van der Waals surface area contributed by atoms with Crippen molar-refractivity contribution in [1.29, 1.82) is 0 Å². The van der Waals surface area contributed by atoms with Crippen molar-refractivity contribution in [3.8, 4) is 0 Å². The molecule has 0 unspecified atom stereocenters. The fourth-order valence-corrected chi connectivity index (χ4v) is 2.08. The van der Waals surface area contributed by atoms with E-state index in [4.69, 9.17) is 4.74 Å². The highest BCUT2D eigenvalue weighted by Crippen LogP contribution is 2.31. The average Bonchev–Trinajstić information content (AvgIpc) is 2.54. The molecule has 2 N–H and O–H groups in total. The van der Waals surface area contributed by atoms with Crippen LogP contribution < -0.4 is 5.32 Å². The van der Waals surface area contributed by atoms with E-state index >= 15 is 0 Å². The number of rotatable bonds is 5. The molecule has 21 heavy (non-hydrogen) atoms. The van der Waals surface area contributed by atoms with Crippen molar-refractivity contribution >= 4 is 6.09 Å². The van der Waals surface area contributed by atoms with E-state index in [-0.39, 0.29) is 0 Å². The van der Waals surface area contributed by atoms with Gasteiger partial charge in [-0.05, 0) is 18.1 Å². The summed E-state index contributed by atoms with van der Waals surface area (Å²) in [4.78, 5) is 11.7. The number of aliphatic hydroxyl groups is 1. The lowest BCUT2D eigenvalue weighted by Gasteiger charge is -2.24. The molecule has 0 saturated carbocycles. The summed E-state index contributed by atoms with van der Waals surface area (Å²) in [6.45, 7) is 2.29. The van der Waals surface area contributed by atoms with E-state index in [2.05, 4.69) is 5.32 Å². The number of ether oxygens (including phenoxy) is 1. The summed E-state index contributed by atoms with van der Waals surface area (Å²) in [7, 11) is 0. The third-order valence-corrected chi connectivity index (χ3v) is 3.11. The van der Waals surface area contributed by atoms with E-state index in [1.807, 2.05) is 67.6 Å². The van der Waals surface area contributed by atoms with Crippen molar-refractivity contribution in [2.45, 2.75) is 19.1 Å². The number of amides is 1. The van der Waals surface area contributed by atoms with Crippen LogP contribution in [0, 0.1) is 0 Å². The zero-order valence-electron chi connectivity index (χ0n) is 11.9. The van der Waals surface area contributed by atoms with Gasteiger partial charge in [-0.2, -0.15) is 0 Å². The van der Waals surface area contributed by atoms with E-state index in [0.717, 1.165) is 5.56 Å². The second kappa shape index (κ2) is 7.45. The number of alkyl carbamates (subject to hydrolysis) is 1. The van der Waals surface area contributed by atoms with Crippen LogP contribution in [0.25, 0.3) is 0 Å². The Labute approximate surface area is 124 Å². The Morgan fingerprint density at radius 1 is 1.05 bits per heavy atom. The number of aliphatic hydroxyl groups excluding tert-OH is 1. The van der Waals surface area contributed by atoms with Gasteiger partial charge in [0.05, 0.1) is 0 Å². The van der Waals surface area contributed by atoms with Crippen molar-refractivity contribution < 1.29 is 14.6 Å². The Morgan fingerprint density at radius 2 is 1.57 bits per heavy atom. The largest absolute Gasteiger partial charge is 0.438 e. The fourth-order valence-electron chi connectivity index (χ4n) is 2.08. The lowest BCUT2D eigenvalue weighted by molar-refractivity contribution is 0.000170. The number of carbonyl (C=O) groups excluding carboxylic acids is 1. The zero-order valence-corrected chi connectivity index (χ0v) is 11.9. The quantitative estimate of drug-likeness (QED) is 0.887. The first-order valence-electron chi connectivity index (χ1n) is 6.94. The Kier molecular flexibility index (Phi) is 5.35. The lowest BCUT2D eigenvalue weighted by atomic mass is 9.98. The van der Waals surface area contributed by atoms with E-state index in [1.165, 1.54) is 0 Å². The molecule has 0 saturated heterocycles. The number of hydrogen-bond donors (Lipinski definition) is 2. The first-order valence-corrected chi connectivity index (χ1v) is 6.94. The molecule has 2 rings (SSSR count). The van der Waals surface area contributed by atoms with Crippen LogP contribution in [0.4, 0.5) is 4.79 Å². The summed E-state index contributed by atoms with van der Waals surface area (Å²) in [5, 5.41) is 13.1. The second-order valence-electron chi connectivity index (χ2n) is 4.62. The molecule has 0 fully saturated rings. The van der Waals surface area contributed by atoms with Crippen molar-refractivity contribution in [2.75, 3.05) is 6.54 Å². The minimum atomic E-state index is -0.920. The molecule has 0 aliphatic rings. The van der Waals surface area contributed by atoms with E-state index in [0.29, 0.717) is 12.1 Å². The van der Waals surface area contributed by atoms with Crippen LogP contribution in [0.1, 0.15) is 30.3 Å². The standard InChI is InChI=1S/C17H19NO3/c1-2-18-17(20)21-16(14-11-7-4-8-12-14)15(19)13-9-5-3-6-10-13/h3-12,15-16,19H,2H2,1H3,(H,18,20)/t15-,16+/m1/s1. The van der Waals surface area contributed by atoms with Crippen LogP contribution in [0.2, 0.25) is 0 Å². The van der Waals surface area contributed by atoms with Crippen LogP contribution in [-0.2, 0) is 4.74 Å². The maximum atomic E-state index is 11.7. The van der Waals surface area contributed by atoms with Crippen LogP contribution >= 0.6 is 0 Å².